The van der Waals surface area contributed by atoms with Gasteiger partial charge in [-0.2, -0.15) is 0 Å². The van der Waals surface area contributed by atoms with Crippen LogP contribution in [0.3, 0.4) is 0 Å². The Balaban J connectivity index is 1.65. The van der Waals surface area contributed by atoms with E-state index in [1.807, 2.05) is 6.07 Å². The van der Waals surface area contributed by atoms with Crippen LogP contribution >= 0.6 is 0 Å². The van der Waals surface area contributed by atoms with Gasteiger partial charge in [-0.3, -0.25) is 9.36 Å². The monoisotopic (exact) mass is 478 g/mol. The summed E-state index contributed by atoms with van der Waals surface area (Å²) in [6.45, 7) is 1.96. The molecule has 0 aliphatic carbocycles. The molecule has 10 heteroatoms. The first-order valence-corrected chi connectivity index (χ1v) is 11.5. The van der Waals surface area contributed by atoms with Gasteiger partial charge in [0.2, 0.25) is 0 Å². The largest absolute Gasteiger partial charge is 0.497 e. The summed E-state index contributed by atoms with van der Waals surface area (Å²) in [5.74, 6) is 0.584. The molecule has 0 spiro atoms. The van der Waals surface area contributed by atoms with Gasteiger partial charge < -0.3 is 24.7 Å². The third-order valence-corrected chi connectivity index (χ3v) is 6.38. The highest BCUT2D eigenvalue weighted by Gasteiger charge is 2.22. The minimum absolute atomic E-state index is 0.0551. The normalized spacial score (nSPS) is 14.3. The Hall–Kier alpha value is -3.92. The molecule has 35 heavy (non-hydrogen) atoms. The number of piperidine rings is 1. The standard InChI is InChI=1S/C25H27FN6O3/c1-34-18-12-21(24(26)22(13-18)35-2)31(14-23-28-9-10-29-23)17-3-4-20-19(11-17)25(33)32(15-30-20)16-5-7-27-8-6-16/h3-4,9-13,15-16,27H,5-8,14H2,1-2H3,(H,28,29). The molecule has 2 aromatic carbocycles. The number of H-pyrrole nitrogens is 1. The van der Waals surface area contributed by atoms with E-state index in [1.54, 1.807) is 46.4 Å². The van der Waals surface area contributed by atoms with Gasteiger partial charge in [-0.25, -0.2) is 14.4 Å². The Bertz CT molecular complexity index is 1380. The molecular weight excluding hydrogens is 451 g/mol. The van der Waals surface area contributed by atoms with Crippen LogP contribution < -0.4 is 25.2 Å². The zero-order valence-corrected chi connectivity index (χ0v) is 19.6. The predicted octanol–water partition coefficient (Wildman–Crippen LogP) is 3.54. The lowest BCUT2D eigenvalue weighted by atomic mass is 10.1. The molecule has 5 rings (SSSR count). The van der Waals surface area contributed by atoms with Crippen molar-refractivity contribution in [2.24, 2.45) is 0 Å². The summed E-state index contributed by atoms with van der Waals surface area (Å²) in [5, 5.41) is 3.80. The van der Waals surface area contributed by atoms with E-state index in [4.69, 9.17) is 9.47 Å². The van der Waals surface area contributed by atoms with Gasteiger partial charge in [0.05, 0.1) is 43.7 Å². The lowest BCUT2D eigenvalue weighted by molar-refractivity contribution is 0.359. The Morgan fingerprint density at radius 1 is 1.14 bits per heavy atom. The Labute approximate surface area is 201 Å². The average molecular weight is 479 g/mol. The second-order valence-electron chi connectivity index (χ2n) is 8.42. The number of ether oxygens (including phenoxy) is 2. The highest BCUT2D eigenvalue weighted by molar-refractivity contribution is 5.83. The zero-order chi connectivity index (χ0) is 24.4. The second kappa shape index (κ2) is 9.75. The highest BCUT2D eigenvalue weighted by Crippen LogP contribution is 2.38. The Morgan fingerprint density at radius 2 is 1.97 bits per heavy atom. The van der Waals surface area contributed by atoms with Crippen LogP contribution in [0.15, 0.2) is 53.8 Å². The third-order valence-electron chi connectivity index (χ3n) is 6.38. The molecule has 0 saturated carbocycles. The van der Waals surface area contributed by atoms with Crippen LogP contribution in [0.2, 0.25) is 0 Å². The quantitative estimate of drug-likeness (QED) is 0.419. The van der Waals surface area contributed by atoms with Crippen molar-refractivity contribution < 1.29 is 13.9 Å². The van der Waals surface area contributed by atoms with Crippen LogP contribution in [0, 0.1) is 5.82 Å². The molecule has 4 aromatic rings. The van der Waals surface area contributed by atoms with Crippen molar-refractivity contribution in [3.8, 4) is 11.5 Å². The van der Waals surface area contributed by atoms with E-state index in [9.17, 15) is 4.79 Å². The predicted molar refractivity (Wildman–Crippen MR) is 131 cm³/mol. The molecule has 0 bridgehead atoms. The maximum absolute atomic E-state index is 15.5. The summed E-state index contributed by atoms with van der Waals surface area (Å²) in [6, 6.07) is 8.55. The summed E-state index contributed by atoms with van der Waals surface area (Å²) < 4.78 is 27.9. The number of aromatic nitrogens is 4. The molecule has 2 N–H and O–H groups in total. The van der Waals surface area contributed by atoms with Crippen molar-refractivity contribution in [3.63, 3.8) is 0 Å². The molecule has 1 aliphatic rings. The molecular formula is C25H27FN6O3. The SMILES string of the molecule is COc1cc(OC)c(F)c(N(Cc2ncc[nH]2)c2ccc3ncn(C4CCNCC4)c(=O)c3c2)c1. The molecule has 0 atom stereocenters. The van der Waals surface area contributed by atoms with Crippen molar-refractivity contribution in [1.29, 1.82) is 0 Å². The van der Waals surface area contributed by atoms with Crippen LogP contribution in [0.4, 0.5) is 15.8 Å². The van der Waals surface area contributed by atoms with Crippen molar-refractivity contribution in [1.82, 2.24) is 24.8 Å². The number of anilines is 2. The van der Waals surface area contributed by atoms with Gasteiger partial charge in [-0.15, -0.1) is 0 Å². The summed E-state index contributed by atoms with van der Waals surface area (Å²) in [5.41, 5.74) is 1.33. The van der Waals surface area contributed by atoms with E-state index in [-0.39, 0.29) is 29.6 Å². The van der Waals surface area contributed by atoms with Gasteiger partial charge in [0, 0.05) is 36.3 Å². The van der Waals surface area contributed by atoms with Gasteiger partial charge in [0.15, 0.2) is 11.6 Å². The third kappa shape index (κ3) is 4.44. The van der Waals surface area contributed by atoms with Crippen molar-refractivity contribution in [2.75, 3.05) is 32.2 Å². The van der Waals surface area contributed by atoms with Gasteiger partial charge in [0.25, 0.3) is 5.56 Å². The van der Waals surface area contributed by atoms with Gasteiger partial charge in [-0.1, -0.05) is 0 Å². The lowest BCUT2D eigenvalue weighted by Gasteiger charge is -2.27. The maximum Gasteiger partial charge on any atom is 0.261 e. The molecule has 0 amide bonds. The highest BCUT2D eigenvalue weighted by atomic mass is 19.1. The van der Waals surface area contributed by atoms with Crippen LogP contribution in [-0.4, -0.2) is 46.8 Å². The number of benzene rings is 2. The summed E-state index contributed by atoms with van der Waals surface area (Å²) in [4.78, 5) is 27.1. The van der Waals surface area contributed by atoms with E-state index in [2.05, 4.69) is 20.3 Å². The molecule has 9 nitrogen and oxygen atoms in total. The molecule has 0 radical (unpaired) electrons. The lowest BCUT2D eigenvalue weighted by Crippen LogP contribution is -2.34. The first kappa shape index (κ1) is 22.9. The van der Waals surface area contributed by atoms with Crippen molar-refractivity contribution in [3.05, 3.63) is 71.0 Å². The molecule has 1 aliphatic heterocycles. The van der Waals surface area contributed by atoms with Crippen LogP contribution in [0.5, 0.6) is 11.5 Å². The molecule has 1 fully saturated rings. The number of imidazole rings is 1. The van der Waals surface area contributed by atoms with Gasteiger partial charge >= 0.3 is 0 Å². The fraction of sp³-hybridized carbons (Fsp3) is 0.320. The summed E-state index contributed by atoms with van der Waals surface area (Å²) in [6.07, 6.45) is 6.71. The number of hydrogen-bond acceptors (Lipinski definition) is 7. The molecule has 3 heterocycles. The van der Waals surface area contributed by atoms with E-state index in [0.717, 1.165) is 25.9 Å². The smallest absolute Gasteiger partial charge is 0.261 e. The fourth-order valence-electron chi connectivity index (χ4n) is 4.51. The van der Waals surface area contributed by atoms with E-state index < -0.39 is 5.82 Å². The van der Waals surface area contributed by atoms with Gasteiger partial charge in [-0.05, 0) is 44.1 Å². The van der Waals surface area contributed by atoms with E-state index in [1.165, 1.54) is 20.3 Å². The number of rotatable bonds is 7. The maximum atomic E-state index is 15.5. The first-order valence-electron chi connectivity index (χ1n) is 11.5. The summed E-state index contributed by atoms with van der Waals surface area (Å²) >= 11 is 0. The molecule has 0 unspecified atom stereocenters. The van der Waals surface area contributed by atoms with E-state index in [0.29, 0.717) is 28.2 Å². The minimum Gasteiger partial charge on any atom is -0.497 e. The fourth-order valence-corrected chi connectivity index (χ4v) is 4.51. The van der Waals surface area contributed by atoms with Crippen molar-refractivity contribution in [2.45, 2.75) is 25.4 Å². The molecule has 182 valence electrons. The van der Waals surface area contributed by atoms with Crippen LogP contribution in [-0.2, 0) is 6.54 Å². The minimum atomic E-state index is -0.543. The number of fused-ring (bicyclic) bond motifs is 1. The Kier molecular flexibility index (Phi) is 6.37. The first-order chi connectivity index (χ1) is 17.1. The number of nitrogens with one attached hydrogen (secondary N) is 2. The number of aromatic amines is 1. The van der Waals surface area contributed by atoms with Crippen LogP contribution in [0.1, 0.15) is 24.7 Å². The number of halogens is 1. The number of nitrogens with zero attached hydrogens (tertiary/aromatic N) is 4. The van der Waals surface area contributed by atoms with E-state index >= 15 is 4.39 Å². The zero-order valence-electron chi connectivity index (χ0n) is 19.6. The average Bonchev–Trinajstić information content (AvgIpc) is 3.42. The van der Waals surface area contributed by atoms with Gasteiger partial charge in [0.1, 0.15) is 11.6 Å². The van der Waals surface area contributed by atoms with Crippen LogP contribution in [0.25, 0.3) is 10.9 Å². The second-order valence-corrected chi connectivity index (χ2v) is 8.42. The number of hydrogen-bond donors (Lipinski definition) is 2. The topological polar surface area (TPSA) is 97.3 Å². The number of methoxy groups -OCH3 is 2. The molecule has 1 saturated heterocycles. The Morgan fingerprint density at radius 3 is 2.69 bits per heavy atom. The van der Waals surface area contributed by atoms with Crippen molar-refractivity contribution >= 4 is 22.3 Å². The summed E-state index contributed by atoms with van der Waals surface area (Å²) in [7, 11) is 2.92. The molecule has 2 aromatic heterocycles.